The Labute approximate surface area is 164 Å². The van der Waals surface area contributed by atoms with Gasteiger partial charge in [-0.25, -0.2) is 0 Å². The molecule has 0 spiro atoms. The summed E-state index contributed by atoms with van der Waals surface area (Å²) in [5, 5.41) is 9.61. The minimum atomic E-state index is -0.715. The maximum Gasteiger partial charge on any atom is 0.309 e. The van der Waals surface area contributed by atoms with E-state index in [4.69, 9.17) is 0 Å². The van der Waals surface area contributed by atoms with Gasteiger partial charge in [0, 0.05) is 0 Å². The standard InChI is InChI=1S/C24H48O2/c1-8-9-10-11-12-13-14-15-16-17-18-19-20-22(2,3)24(6,7)23(4,5)21(25)26/h8-20H2,1-7H3,(H,25,26). The molecule has 0 unspecified atom stereocenters. The fourth-order valence-corrected chi connectivity index (χ4v) is 3.83. The van der Waals surface area contributed by atoms with Crippen molar-refractivity contribution in [3.05, 3.63) is 0 Å². The smallest absolute Gasteiger partial charge is 0.309 e. The number of carboxylic acids is 1. The normalized spacial score (nSPS) is 13.2. The zero-order valence-corrected chi connectivity index (χ0v) is 19.0. The highest BCUT2D eigenvalue weighted by Crippen LogP contribution is 2.53. The molecule has 0 radical (unpaired) electrons. The molecule has 0 amide bonds. The number of carbonyl (C=O) groups is 1. The summed E-state index contributed by atoms with van der Waals surface area (Å²) in [5.74, 6) is -0.690. The molecule has 0 saturated heterocycles. The lowest BCUT2D eigenvalue weighted by atomic mass is 9.53. The van der Waals surface area contributed by atoms with Gasteiger partial charge in [-0.3, -0.25) is 4.79 Å². The van der Waals surface area contributed by atoms with Crippen LogP contribution in [0.4, 0.5) is 0 Å². The first-order valence-corrected chi connectivity index (χ1v) is 11.2. The van der Waals surface area contributed by atoms with Crippen LogP contribution in [0.3, 0.4) is 0 Å². The van der Waals surface area contributed by atoms with Crippen LogP contribution in [0.2, 0.25) is 0 Å². The van der Waals surface area contributed by atoms with Crippen LogP contribution in [0, 0.1) is 16.2 Å². The van der Waals surface area contributed by atoms with Gasteiger partial charge in [0.25, 0.3) is 0 Å². The third-order valence-corrected chi connectivity index (χ3v) is 7.44. The van der Waals surface area contributed by atoms with Crippen LogP contribution in [0.5, 0.6) is 0 Å². The maximum atomic E-state index is 11.7. The predicted octanol–water partition coefficient (Wildman–Crippen LogP) is 8.24. The Kier molecular flexibility index (Phi) is 11.8. The number of aliphatic carboxylic acids is 1. The largest absolute Gasteiger partial charge is 0.481 e. The highest BCUT2D eigenvalue weighted by Gasteiger charge is 2.51. The number of rotatable bonds is 16. The van der Waals surface area contributed by atoms with Crippen molar-refractivity contribution in [2.24, 2.45) is 16.2 Å². The lowest BCUT2D eigenvalue weighted by Gasteiger charge is -2.50. The summed E-state index contributed by atoms with van der Waals surface area (Å²) < 4.78 is 0. The molecule has 0 aliphatic carbocycles. The van der Waals surface area contributed by atoms with Crippen LogP contribution in [-0.4, -0.2) is 11.1 Å². The van der Waals surface area contributed by atoms with E-state index in [1.54, 1.807) is 0 Å². The molecule has 2 heteroatoms. The van der Waals surface area contributed by atoms with Crippen molar-refractivity contribution in [1.29, 1.82) is 0 Å². The van der Waals surface area contributed by atoms with Gasteiger partial charge in [-0.1, -0.05) is 112 Å². The molecule has 0 fully saturated rings. The van der Waals surface area contributed by atoms with Gasteiger partial charge in [0.1, 0.15) is 0 Å². The molecular weight excluding hydrogens is 320 g/mol. The van der Waals surface area contributed by atoms with E-state index in [0.29, 0.717) is 0 Å². The third kappa shape index (κ3) is 8.01. The molecule has 1 N–H and O–H groups in total. The summed E-state index contributed by atoms with van der Waals surface area (Å²) in [6.07, 6.45) is 17.5. The summed E-state index contributed by atoms with van der Waals surface area (Å²) in [7, 11) is 0. The van der Waals surface area contributed by atoms with Gasteiger partial charge in [-0.15, -0.1) is 0 Å². The Hall–Kier alpha value is -0.530. The van der Waals surface area contributed by atoms with Crippen molar-refractivity contribution >= 4 is 5.97 Å². The molecule has 0 saturated carbocycles. The first-order chi connectivity index (χ1) is 12.0. The summed E-state index contributed by atoms with van der Waals surface area (Å²) in [4.78, 5) is 11.7. The second-order valence-electron chi connectivity index (χ2n) is 10.1. The Bertz CT molecular complexity index is 380. The Morgan fingerprint density at radius 3 is 1.35 bits per heavy atom. The van der Waals surface area contributed by atoms with E-state index in [-0.39, 0.29) is 10.8 Å². The van der Waals surface area contributed by atoms with Crippen LogP contribution in [0.25, 0.3) is 0 Å². The molecule has 0 aromatic rings. The van der Waals surface area contributed by atoms with Gasteiger partial charge in [0.15, 0.2) is 0 Å². The summed E-state index contributed by atoms with van der Waals surface area (Å²) in [6.45, 7) is 14.8. The zero-order chi connectivity index (χ0) is 20.3. The van der Waals surface area contributed by atoms with Crippen LogP contribution >= 0.6 is 0 Å². The van der Waals surface area contributed by atoms with E-state index in [1.165, 1.54) is 77.0 Å². The van der Waals surface area contributed by atoms with Crippen molar-refractivity contribution in [2.45, 2.75) is 132 Å². The lowest BCUT2D eigenvalue weighted by Crippen LogP contribution is -2.48. The number of unbranched alkanes of at least 4 members (excludes halogenated alkanes) is 11. The van der Waals surface area contributed by atoms with E-state index in [1.807, 2.05) is 13.8 Å². The van der Waals surface area contributed by atoms with Gasteiger partial charge in [-0.2, -0.15) is 0 Å². The molecule has 0 aliphatic heterocycles. The quantitative estimate of drug-likeness (QED) is 0.278. The van der Waals surface area contributed by atoms with E-state index in [9.17, 15) is 9.90 Å². The van der Waals surface area contributed by atoms with Crippen LogP contribution < -0.4 is 0 Å². The maximum absolute atomic E-state index is 11.7. The predicted molar refractivity (Wildman–Crippen MR) is 115 cm³/mol. The van der Waals surface area contributed by atoms with Crippen molar-refractivity contribution in [1.82, 2.24) is 0 Å². The van der Waals surface area contributed by atoms with E-state index in [0.717, 1.165) is 6.42 Å². The second kappa shape index (κ2) is 12.0. The van der Waals surface area contributed by atoms with Crippen molar-refractivity contribution < 1.29 is 9.90 Å². The minimum Gasteiger partial charge on any atom is -0.481 e. The van der Waals surface area contributed by atoms with Gasteiger partial charge >= 0.3 is 5.97 Å². The topological polar surface area (TPSA) is 37.3 Å². The molecule has 26 heavy (non-hydrogen) atoms. The summed E-state index contributed by atoms with van der Waals surface area (Å²) in [6, 6.07) is 0. The van der Waals surface area contributed by atoms with Gasteiger partial charge < -0.3 is 5.11 Å². The molecule has 0 bridgehead atoms. The zero-order valence-electron chi connectivity index (χ0n) is 19.0. The number of hydrogen-bond donors (Lipinski definition) is 1. The highest BCUT2D eigenvalue weighted by molar-refractivity contribution is 5.74. The molecule has 0 rings (SSSR count). The molecule has 0 aromatic carbocycles. The summed E-state index contributed by atoms with van der Waals surface area (Å²) in [5.41, 5.74) is -0.940. The Morgan fingerprint density at radius 1 is 0.654 bits per heavy atom. The minimum absolute atomic E-state index is 0.0212. The average Bonchev–Trinajstić information content (AvgIpc) is 2.55. The molecule has 0 atom stereocenters. The number of hydrogen-bond acceptors (Lipinski definition) is 1. The van der Waals surface area contributed by atoms with E-state index in [2.05, 4.69) is 34.6 Å². The fraction of sp³-hybridized carbons (Fsp3) is 0.958. The molecule has 0 aromatic heterocycles. The molecular formula is C24H48O2. The van der Waals surface area contributed by atoms with Crippen LogP contribution in [0.1, 0.15) is 132 Å². The summed E-state index contributed by atoms with van der Waals surface area (Å²) >= 11 is 0. The lowest BCUT2D eigenvalue weighted by molar-refractivity contribution is -0.160. The van der Waals surface area contributed by atoms with Gasteiger partial charge in [-0.05, 0) is 31.1 Å². The van der Waals surface area contributed by atoms with Crippen LogP contribution in [-0.2, 0) is 4.79 Å². The third-order valence-electron chi connectivity index (χ3n) is 7.44. The average molecular weight is 369 g/mol. The highest BCUT2D eigenvalue weighted by atomic mass is 16.4. The molecule has 0 aliphatic rings. The SMILES string of the molecule is CCCCCCCCCCCCCCC(C)(C)C(C)(C)C(C)(C)C(=O)O. The van der Waals surface area contributed by atoms with Crippen molar-refractivity contribution in [3.63, 3.8) is 0 Å². The molecule has 156 valence electrons. The second-order valence-corrected chi connectivity index (χ2v) is 10.1. The fourth-order valence-electron chi connectivity index (χ4n) is 3.83. The molecule has 0 heterocycles. The first kappa shape index (κ1) is 25.5. The van der Waals surface area contributed by atoms with Crippen LogP contribution in [0.15, 0.2) is 0 Å². The Balaban J connectivity index is 3.91. The number of carboxylic acid groups (broad SMARTS) is 1. The van der Waals surface area contributed by atoms with E-state index >= 15 is 0 Å². The molecule has 2 nitrogen and oxygen atoms in total. The monoisotopic (exact) mass is 368 g/mol. The Morgan fingerprint density at radius 2 is 1.00 bits per heavy atom. The van der Waals surface area contributed by atoms with Crippen molar-refractivity contribution in [2.75, 3.05) is 0 Å². The van der Waals surface area contributed by atoms with E-state index < -0.39 is 11.4 Å². The first-order valence-electron chi connectivity index (χ1n) is 11.2. The van der Waals surface area contributed by atoms with Gasteiger partial charge in [0.05, 0.1) is 5.41 Å². The van der Waals surface area contributed by atoms with Gasteiger partial charge in [0.2, 0.25) is 0 Å². The van der Waals surface area contributed by atoms with Crippen molar-refractivity contribution in [3.8, 4) is 0 Å².